The molecule has 2 unspecified atom stereocenters. The van der Waals surface area contributed by atoms with Gasteiger partial charge in [-0.3, -0.25) is 0 Å². The summed E-state index contributed by atoms with van der Waals surface area (Å²) in [6.07, 6.45) is 5.65. The van der Waals surface area contributed by atoms with Gasteiger partial charge in [0.1, 0.15) is 0 Å². The van der Waals surface area contributed by atoms with Crippen LogP contribution in [0, 0.1) is 34.5 Å². The van der Waals surface area contributed by atoms with Crippen LogP contribution in [0.2, 0.25) is 0 Å². The molecule has 0 aliphatic carbocycles. The van der Waals surface area contributed by atoms with Gasteiger partial charge in [-0.1, -0.05) is 40.5 Å². The van der Waals surface area contributed by atoms with Crippen molar-refractivity contribution < 1.29 is 0 Å². The van der Waals surface area contributed by atoms with E-state index in [1.165, 1.54) is 0 Å². The second-order valence-electron chi connectivity index (χ2n) is 6.17. The minimum Gasteiger partial charge on any atom is -0.196 e. The Labute approximate surface area is 123 Å². The van der Waals surface area contributed by atoms with Gasteiger partial charge in [0.25, 0.3) is 0 Å². The molecule has 0 fully saturated rings. The topological polar surface area (TPSA) is 72.3 Å². The molecule has 0 N–H and O–H groups in total. The Kier molecular flexibility index (Phi) is 10.6. The fraction of sp³-hybridized carbons (Fsp3) is 0.875. The molecule has 0 radical (unpaired) electrons. The first-order valence-electron chi connectivity index (χ1n) is 7.68. The third-order valence-corrected chi connectivity index (χ3v) is 3.16. The molecule has 20 heavy (non-hydrogen) atoms. The Balaban J connectivity index is 4.12. The first-order chi connectivity index (χ1) is 9.49. The van der Waals surface area contributed by atoms with Crippen LogP contribution >= 0.6 is 0 Å². The predicted octanol–water partition coefficient (Wildman–Crippen LogP) is 4.88. The smallest absolute Gasteiger partial charge is 0.157 e. The van der Waals surface area contributed by atoms with Crippen LogP contribution in [0.4, 0.5) is 0 Å². The lowest BCUT2D eigenvalue weighted by molar-refractivity contribution is 0.503. The highest BCUT2D eigenvalue weighted by Gasteiger charge is 2.09. The van der Waals surface area contributed by atoms with Crippen LogP contribution in [-0.2, 0) is 0 Å². The quantitative estimate of drug-likeness (QED) is 0.533. The molecular weight excluding hydrogens is 248 g/mol. The normalized spacial score (nSPS) is 14.4. The maximum absolute atomic E-state index is 9.04. The van der Waals surface area contributed by atoms with Crippen LogP contribution in [-0.4, -0.2) is 12.1 Å². The maximum Gasteiger partial charge on any atom is 0.157 e. The second-order valence-corrected chi connectivity index (χ2v) is 6.17. The van der Waals surface area contributed by atoms with Crippen molar-refractivity contribution in [3.8, 4) is 12.1 Å². The van der Waals surface area contributed by atoms with Crippen LogP contribution in [0.25, 0.3) is 0 Å². The average Bonchev–Trinajstić information content (AvgIpc) is 2.39. The highest BCUT2D eigenvalue weighted by atomic mass is 15.1. The summed E-state index contributed by atoms with van der Waals surface area (Å²) in [6, 6.07) is 3.53. The third kappa shape index (κ3) is 10.5. The Morgan fingerprint density at radius 3 is 1.30 bits per heavy atom. The summed E-state index contributed by atoms with van der Waals surface area (Å²) in [5.41, 5.74) is 0. The molecule has 0 heterocycles. The molecule has 112 valence electrons. The molecule has 0 saturated carbocycles. The van der Waals surface area contributed by atoms with E-state index in [0.29, 0.717) is 11.8 Å². The molecule has 0 aromatic heterocycles. The summed E-state index contributed by atoms with van der Waals surface area (Å²) in [5.74, 6) is 1.29. The maximum atomic E-state index is 9.04. The van der Waals surface area contributed by atoms with E-state index in [0.717, 1.165) is 38.5 Å². The highest BCUT2D eigenvalue weighted by molar-refractivity contribution is 4.92. The number of hydrogen-bond acceptors (Lipinski definition) is 4. The molecular formula is C16H28N4. The number of nitrogens with zero attached hydrogens (tertiary/aromatic N) is 4. The van der Waals surface area contributed by atoms with Gasteiger partial charge in [-0.15, -0.1) is 0 Å². The van der Waals surface area contributed by atoms with E-state index in [1.54, 1.807) is 0 Å². The Morgan fingerprint density at radius 2 is 1.05 bits per heavy atom. The zero-order valence-electron chi connectivity index (χ0n) is 13.3. The fourth-order valence-electron chi connectivity index (χ4n) is 1.90. The lowest BCUT2D eigenvalue weighted by atomic mass is 10.0. The molecule has 4 heteroatoms. The zero-order valence-corrected chi connectivity index (χ0v) is 13.3. The lowest BCUT2D eigenvalue weighted by Gasteiger charge is -2.07. The molecule has 0 spiro atoms. The molecule has 0 aliphatic rings. The molecule has 0 saturated heterocycles. The van der Waals surface area contributed by atoms with Gasteiger partial charge in [0.05, 0.1) is 12.1 Å². The summed E-state index contributed by atoms with van der Waals surface area (Å²) < 4.78 is 0. The third-order valence-electron chi connectivity index (χ3n) is 3.16. The Hall–Kier alpha value is -1.42. The van der Waals surface area contributed by atoms with E-state index in [-0.39, 0.29) is 0 Å². The molecule has 0 aliphatic heterocycles. The summed E-state index contributed by atoms with van der Waals surface area (Å²) in [6.45, 7) is 8.68. The van der Waals surface area contributed by atoms with Gasteiger partial charge >= 0.3 is 0 Å². The minimum absolute atomic E-state index is 0.394. The molecule has 0 amide bonds. The number of nitriles is 2. The molecule has 2 atom stereocenters. The van der Waals surface area contributed by atoms with Crippen LogP contribution in [0.5, 0.6) is 0 Å². The minimum atomic E-state index is -0.394. The Bertz CT molecular complexity index is 312. The van der Waals surface area contributed by atoms with Crippen molar-refractivity contribution in [1.82, 2.24) is 0 Å². The van der Waals surface area contributed by atoms with Crippen LogP contribution in [0.3, 0.4) is 0 Å². The van der Waals surface area contributed by atoms with E-state index in [1.807, 2.05) is 0 Å². The van der Waals surface area contributed by atoms with E-state index in [4.69, 9.17) is 10.5 Å². The Morgan fingerprint density at radius 1 is 0.700 bits per heavy atom. The van der Waals surface area contributed by atoms with Crippen molar-refractivity contribution in [3.63, 3.8) is 0 Å². The standard InChI is InChI=1S/C16H28N4/c1-13(2)7-5-9-15(11-17)19-20-16(12-18)10-6-8-14(3)4/h13-16H,5-10H2,1-4H3. The van der Waals surface area contributed by atoms with Gasteiger partial charge < -0.3 is 0 Å². The number of rotatable bonds is 10. The lowest BCUT2D eigenvalue weighted by Crippen LogP contribution is -2.05. The monoisotopic (exact) mass is 276 g/mol. The van der Waals surface area contributed by atoms with Crippen molar-refractivity contribution in [2.45, 2.75) is 78.3 Å². The average molecular weight is 276 g/mol. The fourth-order valence-corrected chi connectivity index (χ4v) is 1.90. The highest BCUT2D eigenvalue weighted by Crippen LogP contribution is 2.13. The summed E-state index contributed by atoms with van der Waals surface area (Å²) in [5, 5.41) is 26.2. The molecule has 0 aromatic carbocycles. The summed E-state index contributed by atoms with van der Waals surface area (Å²) >= 11 is 0. The van der Waals surface area contributed by atoms with Crippen molar-refractivity contribution in [3.05, 3.63) is 0 Å². The van der Waals surface area contributed by atoms with E-state index >= 15 is 0 Å². The second kappa shape index (κ2) is 11.4. The SMILES string of the molecule is CC(C)CCCC(C#N)N=NC(C#N)CCCC(C)C. The number of azo groups is 1. The van der Waals surface area contributed by atoms with E-state index < -0.39 is 12.1 Å². The molecule has 0 aromatic rings. The number of hydrogen-bond donors (Lipinski definition) is 0. The first kappa shape index (κ1) is 18.6. The van der Waals surface area contributed by atoms with Crippen LogP contribution in [0.1, 0.15) is 66.2 Å². The summed E-state index contributed by atoms with van der Waals surface area (Å²) in [7, 11) is 0. The summed E-state index contributed by atoms with van der Waals surface area (Å²) in [4.78, 5) is 0. The van der Waals surface area contributed by atoms with Gasteiger partial charge in [-0.25, -0.2) is 0 Å². The zero-order chi connectivity index (χ0) is 15.4. The van der Waals surface area contributed by atoms with Crippen molar-refractivity contribution in [1.29, 1.82) is 10.5 Å². The van der Waals surface area contributed by atoms with Crippen LogP contribution < -0.4 is 0 Å². The molecule has 0 rings (SSSR count). The van der Waals surface area contributed by atoms with Crippen molar-refractivity contribution in [2.24, 2.45) is 22.1 Å². The molecule has 0 bridgehead atoms. The largest absolute Gasteiger partial charge is 0.196 e. The van der Waals surface area contributed by atoms with Gasteiger partial charge in [-0.05, 0) is 37.5 Å². The van der Waals surface area contributed by atoms with Crippen molar-refractivity contribution >= 4 is 0 Å². The van der Waals surface area contributed by atoms with E-state index in [2.05, 4.69) is 50.1 Å². The molecule has 4 nitrogen and oxygen atoms in total. The predicted molar refractivity (Wildman–Crippen MR) is 81.0 cm³/mol. The van der Waals surface area contributed by atoms with Crippen molar-refractivity contribution in [2.75, 3.05) is 0 Å². The van der Waals surface area contributed by atoms with Gasteiger partial charge in [-0.2, -0.15) is 20.8 Å². The van der Waals surface area contributed by atoms with Gasteiger partial charge in [0, 0.05) is 0 Å². The van der Waals surface area contributed by atoms with E-state index in [9.17, 15) is 0 Å². The van der Waals surface area contributed by atoms with Gasteiger partial charge in [0.2, 0.25) is 0 Å². The van der Waals surface area contributed by atoms with Crippen LogP contribution in [0.15, 0.2) is 10.2 Å². The first-order valence-corrected chi connectivity index (χ1v) is 7.68. The van der Waals surface area contributed by atoms with Gasteiger partial charge in [0.15, 0.2) is 12.1 Å².